The van der Waals surface area contributed by atoms with E-state index in [0.29, 0.717) is 42.6 Å². The van der Waals surface area contributed by atoms with E-state index in [-0.39, 0.29) is 11.9 Å². The van der Waals surface area contributed by atoms with Gasteiger partial charge in [-0.1, -0.05) is 18.2 Å². The molecule has 1 heterocycles. The van der Waals surface area contributed by atoms with E-state index in [9.17, 15) is 4.79 Å². The number of anilines is 1. The predicted octanol–water partition coefficient (Wildman–Crippen LogP) is 4.78. The minimum atomic E-state index is -0.0505. The average Bonchev–Trinajstić information content (AvgIpc) is 3.01. The zero-order valence-corrected chi connectivity index (χ0v) is 17.4. The molecule has 28 heavy (non-hydrogen) atoms. The first kappa shape index (κ1) is 20.1. The number of aryl methyl sites for hydroxylation is 1. The van der Waals surface area contributed by atoms with Gasteiger partial charge in [-0.2, -0.15) is 0 Å². The van der Waals surface area contributed by atoms with Crippen molar-refractivity contribution >= 4 is 11.6 Å². The largest absolute Gasteiger partial charge is 0.490 e. The molecule has 5 nitrogen and oxygen atoms in total. The van der Waals surface area contributed by atoms with E-state index in [4.69, 9.17) is 14.2 Å². The van der Waals surface area contributed by atoms with Gasteiger partial charge in [-0.3, -0.25) is 4.79 Å². The van der Waals surface area contributed by atoms with Gasteiger partial charge < -0.3 is 19.1 Å². The zero-order valence-electron chi connectivity index (χ0n) is 17.4. The van der Waals surface area contributed by atoms with Crippen molar-refractivity contribution < 1.29 is 19.0 Å². The van der Waals surface area contributed by atoms with Crippen LogP contribution in [-0.2, 0) is 6.42 Å². The maximum absolute atomic E-state index is 13.5. The van der Waals surface area contributed by atoms with Gasteiger partial charge in [0, 0.05) is 11.6 Å². The second kappa shape index (κ2) is 8.55. The summed E-state index contributed by atoms with van der Waals surface area (Å²) < 4.78 is 17.3. The van der Waals surface area contributed by atoms with Crippen LogP contribution in [0.4, 0.5) is 5.69 Å². The van der Waals surface area contributed by atoms with E-state index in [1.54, 1.807) is 12.1 Å². The van der Waals surface area contributed by atoms with Crippen LogP contribution in [0.25, 0.3) is 0 Å². The first-order valence-corrected chi connectivity index (χ1v) is 10.00. The molecule has 5 heteroatoms. The van der Waals surface area contributed by atoms with Crippen molar-refractivity contribution in [2.45, 2.75) is 47.1 Å². The third-order valence-electron chi connectivity index (χ3n) is 4.89. The third-order valence-corrected chi connectivity index (χ3v) is 4.89. The van der Waals surface area contributed by atoms with Gasteiger partial charge in [0.1, 0.15) is 0 Å². The van der Waals surface area contributed by atoms with Gasteiger partial charge in [0.15, 0.2) is 11.5 Å². The van der Waals surface area contributed by atoms with Gasteiger partial charge in [-0.15, -0.1) is 0 Å². The lowest BCUT2D eigenvalue weighted by Gasteiger charge is -2.25. The lowest BCUT2D eigenvalue weighted by atomic mass is 10.1. The van der Waals surface area contributed by atoms with Crippen LogP contribution in [0.5, 0.6) is 17.2 Å². The summed E-state index contributed by atoms with van der Waals surface area (Å²) in [5.74, 6) is 1.57. The molecule has 0 radical (unpaired) electrons. The number of ether oxygens (including phenoxy) is 3. The Morgan fingerprint density at radius 1 is 1.04 bits per heavy atom. The monoisotopic (exact) mass is 383 g/mol. The Kier molecular flexibility index (Phi) is 6.12. The van der Waals surface area contributed by atoms with E-state index in [0.717, 1.165) is 17.7 Å². The van der Waals surface area contributed by atoms with Crippen LogP contribution < -0.4 is 19.1 Å². The molecule has 2 aromatic carbocycles. The van der Waals surface area contributed by atoms with Gasteiger partial charge in [-0.05, 0) is 64.3 Å². The van der Waals surface area contributed by atoms with Crippen molar-refractivity contribution in [3.8, 4) is 17.2 Å². The molecule has 0 bridgehead atoms. The van der Waals surface area contributed by atoms with Gasteiger partial charge in [0.25, 0.3) is 5.91 Å². The fourth-order valence-electron chi connectivity index (χ4n) is 3.81. The number of amides is 1. The number of hydrogen-bond donors (Lipinski definition) is 0. The van der Waals surface area contributed by atoms with Crippen molar-refractivity contribution in [2.24, 2.45) is 0 Å². The molecule has 0 saturated carbocycles. The first-order valence-electron chi connectivity index (χ1n) is 10.00. The third kappa shape index (κ3) is 3.66. The lowest BCUT2D eigenvalue weighted by Crippen LogP contribution is -2.36. The van der Waals surface area contributed by atoms with Gasteiger partial charge in [-0.25, -0.2) is 0 Å². The number of fused-ring (bicyclic) bond motifs is 1. The molecule has 0 N–H and O–H groups in total. The first-order chi connectivity index (χ1) is 13.5. The summed E-state index contributed by atoms with van der Waals surface area (Å²) in [7, 11) is 0. The number of benzene rings is 2. The molecular formula is C23H29NO4. The molecule has 0 saturated heterocycles. The van der Waals surface area contributed by atoms with Crippen molar-refractivity contribution in [1.82, 2.24) is 0 Å². The Labute approximate surface area is 167 Å². The molecule has 150 valence electrons. The van der Waals surface area contributed by atoms with Gasteiger partial charge in [0.2, 0.25) is 5.75 Å². The van der Waals surface area contributed by atoms with Crippen LogP contribution in [-0.4, -0.2) is 31.8 Å². The summed E-state index contributed by atoms with van der Waals surface area (Å²) in [6.07, 6.45) is 0.858. The molecule has 3 rings (SSSR count). The highest BCUT2D eigenvalue weighted by atomic mass is 16.5. The molecule has 0 fully saturated rings. The topological polar surface area (TPSA) is 48.0 Å². The molecule has 1 aliphatic rings. The number of carbonyl (C=O) groups is 1. The highest BCUT2D eigenvalue weighted by Crippen LogP contribution is 2.41. The number of nitrogens with zero attached hydrogens (tertiary/aromatic N) is 1. The molecule has 1 aliphatic heterocycles. The second-order valence-electron chi connectivity index (χ2n) is 6.91. The fourth-order valence-corrected chi connectivity index (χ4v) is 3.81. The van der Waals surface area contributed by atoms with E-state index in [1.165, 1.54) is 5.56 Å². The lowest BCUT2D eigenvalue weighted by molar-refractivity contribution is 0.0980. The average molecular weight is 383 g/mol. The summed E-state index contributed by atoms with van der Waals surface area (Å²) in [5, 5.41) is 0. The van der Waals surface area contributed by atoms with Crippen molar-refractivity contribution in [3.05, 3.63) is 47.0 Å². The molecule has 0 aliphatic carbocycles. The van der Waals surface area contributed by atoms with Crippen LogP contribution in [0.2, 0.25) is 0 Å². The van der Waals surface area contributed by atoms with E-state index in [1.807, 2.05) is 44.7 Å². The van der Waals surface area contributed by atoms with Gasteiger partial charge in [0.05, 0.1) is 25.5 Å². The molecule has 1 amide bonds. The summed E-state index contributed by atoms with van der Waals surface area (Å²) in [6, 6.07) is 9.83. The SMILES string of the molecule is CCOc1cc(C(=O)N2c3c(C)cccc3CC2C)cc(OCC)c1OCC. The minimum Gasteiger partial charge on any atom is -0.490 e. The Balaban J connectivity index is 2.07. The standard InChI is InChI=1S/C23H29NO4/c1-6-26-19-13-18(14-20(27-7-2)22(19)28-8-3)23(25)24-16(5)12-17-11-9-10-15(4)21(17)24/h9-11,13-14,16H,6-8,12H2,1-5H3. The molecule has 2 aromatic rings. The smallest absolute Gasteiger partial charge is 0.258 e. The number of carbonyl (C=O) groups excluding carboxylic acids is 1. The molecule has 1 unspecified atom stereocenters. The van der Waals surface area contributed by atoms with E-state index in [2.05, 4.69) is 13.0 Å². The Hall–Kier alpha value is -2.69. The van der Waals surface area contributed by atoms with Crippen molar-refractivity contribution in [3.63, 3.8) is 0 Å². The number of rotatable bonds is 7. The predicted molar refractivity (Wildman–Crippen MR) is 111 cm³/mol. The zero-order chi connectivity index (χ0) is 20.3. The van der Waals surface area contributed by atoms with Crippen LogP contribution in [0.1, 0.15) is 49.2 Å². The normalized spacial score (nSPS) is 15.3. The maximum Gasteiger partial charge on any atom is 0.258 e. The van der Waals surface area contributed by atoms with Crippen LogP contribution >= 0.6 is 0 Å². The highest BCUT2D eigenvalue weighted by Gasteiger charge is 2.33. The summed E-state index contributed by atoms with van der Waals surface area (Å²) in [6.45, 7) is 11.3. The minimum absolute atomic E-state index is 0.0505. The molecule has 0 spiro atoms. The van der Waals surface area contributed by atoms with Crippen LogP contribution in [0.3, 0.4) is 0 Å². The number of hydrogen-bond acceptors (Lipinski definition) is 4. The van der Waals surface area contributed by atoms with E-state index < -0.39 is 0 Å². The molecular weight excluding hydrogens is 354 g/mol. The molecule has 0 aromatic heterocycles. The summed E-state index contributed by atoms with van der Waals surface area (Å²) in [4.78, 5) is 15.4. The summed E-state index contributed by atoms with van der Waals surface area (Å²) >= 11 is 0. The van der Waals surface area contributed by atoms with Crippen molar-refractivity contribution in [2.75, 3.05) is 24.7 Å². The van der Waals surface area contributed by atoms with E-state index >= 15 is 0 Å². The van der Waals surface area contributed by atoms with Gasteiger partial charge >= 0.3 is 0 Å². The van der Waals surface area contributed by atoms with Crippen molar-refractivity contribution in [1.29, 1.82) is 0 Å². The molecule has 1 atom stereocenters. The highest BCUT2D eigenvalue weighted by molar-refractivity contribution is 6.09. The maximum atomic E-state index is 13.5. The Bertz CT molecular complexity index is 835. The second-order valence-corrected chi connectivity index (χ2v) is 6.91. The Morgan fingerprint density at radius 3 is 2.21 bits per heavy atom. The Morgan fingerprint density at radius 2 is 1.64 bits per heavy atom. The van der Waals surface area contributed by atoms with Crippen LogP contribution in [0.15, 0.2) is 30.3 Å². The fraction of sp³-hybridized carbons (Fsp3) is 0.435. The summed E-state index contributed by atoms with van der Waals surface area (Å²) in [5.41, 5.74) is 3.88. The van der Waals surface area contributed by atoms with Crippen LogP contribution in [0, 0.1) is 6.92 Å². The number of para-hydroxylation sites is 1. The quantitative estimate of drug-likeness (QED) is 0.690.